The van der Waals surface area contributed by atoms with Gasteiger partial charge in [-0.05, 0) is 30.7 Å². The Morgan fingerprint density at radius 1 is 1.28 bits per heavy atom. The van der Waals surface area contributed by atoms with Gasteiger partial charge in [-0.15, -0.1) is 0 Å². The number of carboxylic acid groups (broad SMARTS) is 1. The van der Waals surface area contributed by atoms with Gasteiger partial charge in [-0.1, -0.05) is 0 Å². The van der Waals surface area contributed by atoms with Gasteiger partial charge in [0.15, 0.2) is 6.61 Å². The molecule has 1 aliphatic heterocycles. The normalized spacial score (nSPS) is 20.6. The Morgan fingerprint density at radius 3 is 2.44 bits per heavy atom. The maximum absolute atomic E-state index is 12.5. The van der Waals surface area contributed by atoms with E-state index in [1.807, 2.05) is 0 Å². The van der Waals surface area contributed by atoms with Crippen molar-refractivity contribution in [3.8, 4) is 5.75 Å². The van der Waals surface area contributed by atoms with Gasteiger partial charge in [0.1, 0.15) is 11.2 Å². The summed E-state index contributed by atoms with van der Waals surface area (Å²) in [5, 5.41) is 9.35. The Labute approximate surface area is 142 Å². The van der Waals surface area contributed by atoms with Crippen LogP contribution in [0.2, 0.25) is 0 Å². The molecular weight excluding hydrogens is 343 g/mol. The van der Waals surface area contributed by atoms with E-state index in [1.165, 1.54) is 12.0 Å². The van der Waals surface area contributed by atoms with Gasteiger partial charge in [0.05, 0.1) is 12.2 Å². The molecule has 9 heteroatoms. The third-order valence-corrected chi connectivity index (χ3v) is 4.12. The number of carbonyl (C=O) groups excluding carboxylic acids is 1. The Balaban J connectivity index is 1.92. The molecule has 0 spiro atoms. The standard InChI is InChI=1S/C16H18F3NO5/c1-24-10-15(14(22)23)6-7-20(9-15)13(21)8-25-12-4-2-11(3-5-12)16(17,18)19/h2-5H,6-10H2,1H3,(H,22,23). The van der Waals surface area contributed by atoms with Crippen LogP contribution in [0.15, 0.2) is 24.3 Å². The Bertz CT molecular complexity index is 632. The summed E-state index contributed by atoms with van der Waals surface area (Å²) in [6.07, 6.45) is -4.17. The first kappa shape index (κ1) is 19.0. The number of nitrogens with zero attached hydrogens (tertiary/aromatic N) is 1. The molecule has 6 nitrogen and oxygen atoms in total. The van der Waals surface area contributed by atoms with Crippen molar-refractivity contribution in [3.05, 3.63) is 29.8 Å². The van der Waals surface area contributed by atoms with Crippen molar-refractivity contribution in [1.82, 2.24) is 4.90 Å². The van der Waals surface area contributed by atoms with E-state index in [0.717, 1.165) is 24.3 Å². The van der Waals surface area contributed by atoms with Crippen LogP contribution in [0.3, 0.4) is 0 Å². The lowest BCUT2D eigenvalue weighted by atomic mass is 9.88. The van der Waals surface area contributed by atoms with Crippen molar-refractivity contribution in [3.63, 3.8) is 0 Å². The molecule has 25 heavy (non-hydrogen) atoms. The van der Waals surface area contributed by atoms with Crippen molar-refractivity contribution < 1.29 is 37.3 Å². The quantitative estimate of drug-likeness (QED) is 0.839. The van der Waals surface area contributed by atoms with E-state index in [-0.39, 0.29) is 38.5 Å². The van der Waals surface area contributed by atoms with E-state index < -0.39 is 29.0 Å². The highest BCUT2D eigenvalue weighted by molar-refractivity contribution is 5.81. The van der Waals surface area contributed by atoms with Crippen molar-refractivity contribution in [2.75, 3.05) is 33.4 Å². The van der Waals surface area contributed by atoms with E-state index in [1.54, 1.807) is 0 Å². The fourth-order valence-electron chi connectivity index (χ4n) is 2.69. The average Bonchev–Trinajstić information content (AvgIpc) is 2.98. The lowest BCUT2D eigenvalue weighted by Crippen LogP contribution is -2.41. The van der Waals surface area contributed by atoms with Gasteiger partial charge in [0.2, 0.25) is 0 Å². The third-order valence-electron chi connectivity index (χ3n) is 4.12. The number of amides is 1. The summed E-state index contributed by atoms with van der Waals surface area (Å²) in [6, 6.07) is 3.99. The molecule has 1 aromatic carbocycles. The molecule has 2 rings (SSSR count). The highest BCUT2D eigenvalue weighted by Gasteiger charge is 2.46. The maximum Gasteiger partial charge on any atom is 0.416 e. The number of halogens is 3. The summed E-state index contributed by atoms with van der Waals surface area (Å²) in [5.74, 6) is -1.34. The van der Waals surface area contributed by atoms with Crippen LogP contribution in [-0.2, 0) is 20.5 Å². The molecule has 138 valence electrons. The highest BCUT2D eigenvalue weighted by Crippen LogP contribution is 2.32. The minimum absolute atomic E-state index is 0.00534. The molecule has 0 radical (unpaired) electrons. The zero-order chi connectivity index (χ0) is 18.7. The van der Waals surface area contributed by atoms with Gasteiger partial charge < -0.3 is 19.5 Å². The fraction of sp³-hybridized carbons (Fsp3) is 0.500. The first-order chi connectivity index (χ1) is 11.7. The van der Waals surface area contributed by atoms with E-state index >= 15 is 0 Å². The van der Waals surface area contributed by atoms with E-state index in [0.29, 0.717) is 0 Å². The van der Waals surface area contributed by atoms with Crippen LogP contribution in [0.4, 0.5) is 13.2 Å². The van der Waals surface area contributed by atoms with E-state index in [9.17, 15) is 27.9 Å². The number of alkyl halides is 3. The monoisotopic (exact) mass is 361 g/mol. The SMILES string of the molecule is COCC1(C(=O)O)CCN(C(=O)COc2ccc(C(F)(F)F)cc2)C1. The van der Waals surface area contributed by atoms with E-state index in [2.05, 4.69) is 0 Å². The molecule has 1 aliphatic rings. The summed E-state index contributed by atoms with van der Waals surface area (Å²) in [4.78, 5) is 24.9. The predicted molar refractivity (Wildman–Crippen MR) is 80.1 cm³/mol. The minimum atomic E-state index is -4.44. The van der Waals surface area contributed by atoms with Crippen molar-refractivity contribution in [2.24, 2.45) is 5.41 Å². The number of hydrogen-bond donors (Lipinski definition) is 1. The van der Waals surface area contributed by atoms with Crippen molar-refractivity contribution in [1.29, 1.82) is 0 Å². The van der Waals surface area contributed by atoms with Crippen LogP contribution >= 0.6 is 0 Å². The fourth-order valence-corrected chi connectivity index (χ4v) is 2.69. The zero-order valence-corrected chi connectivity index (χ0v) is 13.5. The number of carbonyl (C=O) groups is 2. The van der Waals surface area contributed by atoms with E-state index in [4.69, 9.17) is 9.47 Å². The van der Waals surface area contributed by atoms with Gasteiger partial charge >= 0.3 is 12.1 Å². The van der Waals surface area contributed by atoms with Crippen LogP contribution in [0.5, 0.6) is 5.75 Å². The number of methoxy groups -OCH3 is 1. The summed E-state index contributed by atoms with van der Waals surface area (Å²) in [5.41, 5.74) is -1.95. The maximum atomic E-state index is 12.5. The van der Waals surface area contributed by atoms with Gasteiger partial charge in [0.25, 0.3) is 5.91 Å². The average molecular weight is 361 g/mol. The number of ether oxygens (including phenoxy) is 2. The molecule has 0 bridgehead atoms. The van der Waals surface area contributed by atoms with Crippen LogP contribution in [0, 0.1) is 5.41 Å². The molecule has 1 heterocycles. The van der Waals surface area contributed by atoms with Crippen LogP contribution in [0.1, 0.15) is 12.0 Å². The highest BCUT2D eigenvalue weighted by atomic mass is 19.4. The molecule has 1 aromatic rings. The molecule has 0 aromatic heterocycles. The molecule has 1 atom stereocenters. The first-order valence-corrected chi connectivity index (χ1v) is 7.48. The first-order valence-electron chi connectivity index (χ1n) is 7.48. The van der Waals surface area contributed by atoms with Crippen molar-refractivity contribution >= 4 is 11.9 Å². The lowest BCUT2D eigenvalue weighted by molar-refractivity contribution is -0.151. The van der Waals surface area contributed by atoms with Gasteiger partial charge in [-0.25, -0.2) is 0 Å². The molecule has 1 unspecified atom stereocenters. The molecule has 1 N–H and O–H groups in total. The second-order valence-electron chi connectivity index (χ2n) is 5.89. The summed E-state index contributed by atoms with van der Waals surface area (Å²) < 4.78 is 47.6. The molecule has 0 aliphatic carbocycles. The van der Waals surface area contributed by atoms with Crippen molar-refractivity contribution in [2.45, 2.75) is 12.6 Å². The van der Waals surface area contributed by atoms with Crippen LogP contribution in [-0.4, -0.2) is 55.3 Å². The van der Waals surface area contributed by atoms with Gasteiger partial charge in [-0.2, -0.15) is 13.2 Å². The Morgan fingerprint density at radius 2 is 1.92 bits per heavy atom. The molecule has 1 fully saturated rings. The third kappa shape index (κ3) is 4.41. The molecule has 1 saturated heterocycles. The summed E-state index contributed by atoms with van der Waals surface area (Å²) in [6.45, 7) is -0.129. The predicted octanol–water partition coefficient (Wildman–Crippen LogP) is 2.03. The van der Waals surface area contributed by atoms with Gasteiger partial charge in [-0.3, -0.25) is 9.59 Å². The second kappa shape index (κ2) is 7.30. The second-order valence-corrected chi connectivity index (χ2v) is 5.89. The minimum Gasteiger partial charge on any atom is -0.484 e. The number of benzene rings is 1. The van der Waals surface area contributed by atoms with Gasteiger partial charge in [0, 0.05) is 20.2 Å². The molecule has 1 amide bonds. The summed E-state index contributed by atoms with van der Waals surface area (Å²) >= 11 is 0. The number of hydrogen-bond acceptors (Lipinski definition) is 4. The molecular formula is C16H18F3NO5. The zero-order valence-electron chi connectivity index (χ0n) is 13.5. The number of aliphatic carboxylic acids is 1. The Hall–Kier alpha value is -2.29. The number of likely N-dealkylation sites (tertiary alicyclic amines) is 1. The molecule has 0 saturated carbocycles. The van der Waals surface area contributed by atoms with Crippen LogP contribution < -0.4 is 4.74 Å². The number of carboxylic acids is 1. The number of rotatable bonds is 6. The Kier molecular flexibility index (Phi) is 5.56. The summed E-state index contributed by atoms with van der Waals surface area (Å²) in [7, 11) is 1.39. The topological polar surface area (TPSA) is 76.1 Å². The lowest BCUT2D eigenvalue weighted by Gasteiger charge is -2.23. The van der Waals surface area contributed by atoms with Crippen LogP contribution in [0.25, 0.3) is 0 Å². The smallest absolute Gasteiger partial charge is 0.416 e. The largest absolute Gasteiger partial charge is 0.484 e.